The summed E-state index contributed by atoms with van der Waals surface area (Å²) in [7, 11) is 0. The zero-order valence-corrected chi connectivity index (χ0v) is 11.8. The number of hydrogen-bond donors (Lipinski definition) is 1. The van der Waals surface area contributed by atoms with E-state index in [0.717, 1.165) is 12.0 Å². The molecule has 3 unspecified atom stereocenters. The van der Waals surface area contributed by atoms with E-state index in [1.165, 1.54) is 29.2 Å². The third kappa shape index (κ3) is 2.17. The average Bonchev–Trinajstić information content (AvgIpc) is 2.84. The van der Waals surface area contributed by atoms with Gasteiger partial charge in [-0.2, -0.15) is 0 Å². The third-order valence-electron chi connectivity index (χ3n) is 4.82. The molecule has 0 bridgehead atoms. The Hall–Kier alpha value is -1.34. The van der Waals surface area contributed by atoms with E-state index >= 15 is 0 Å². The van der Waals surface area contributed by atoms with E-state index in [1.54, 1.807) is 0 Å². The molecule has 1 N–H and O–H groups in total. The van der Waals surface area contributed by atoms with E-state index in [-0.39, 0.29) is 6.10 Å². The molecule has 1 aliphatic carbocycles. The summed E-state index contributed by atoms with van der Waals surface area (Å²) in [6.45, 7) is 4.39. The third-order valence-corrected chi connectivity index (χ3v) is 4.82. The Morgan fingerprint density at radius 2 is 1.89 bits per heavy atom. The van der Waals surface area contributed by atoms with Crippen molar-refractivity contribution in [1.29, 1.82) is 0 Å². The highest BCUT2D eigenvalue weighted by Gasteiger charge is 2.32. The number of fused-ring (bicyclic) bond motifs is 1. The summed E-state index contributed by atoms with van der Waals surface area (Å²) in [5, 5.41) is 13.3. The van der Waals surface area contributed by atoms with Gasteiger partial charge in [0.2, 0.25) is 0 Å². The average molecular weight is 254 g/mol. The van der Waals surface area contributed by atoms with E-state index in [9.17, 15) is 5.11 Å². The van der Waals surface area contributed by atoms with Gasteiger partial charge in [0.25, 0.3) is 0 Å². The zero-order chi connectivity index (χ0) is 13.4. The van der Waals surface area contributed by atoms with Crippen molar-refractivity contribution in [3.8, 4) is 0 Å². The normalized spacial score (nSPS) is 24.8. The van der Waals surface area contributed by atoms with Crippen molar-refractivity contribution < 1.29 is 5.11 Å². The molecule has 0 heterocycles. The maximum absolute atomic E-state index is 10.9. The maximum atomic E-state index is 10.9. The smallest absolute Gasteiger partial charge is 0.0829 e. The topological polar surface area (TPSA) is 20.2 Å². The summed E-state index contributed by atoms with van der Waals surface area (Å²) in [5.74, 6) is 1.05. The van der Waals surface area contributed by atoms with Crippen molar-refractivity contribution in [1.82, 2.24) is 0 Å². The summed E-state index contributed by atoms with van der Waals surface area (Å²) in [5.41, 5.74) is 2.36. The maximum Gasteiger partial charge on any atom is 0.0829 e. The summed E-state index contributed by atoms with van der Waals surface area (Å²) in [6.07, 6.45) is 3.35. The lowest BCUT2D eigenvalue weighted by Crippen LogP contribution is -2.16. The monoisotopic (exact) mass is 254 g/mol. The molecule has 2 aromatic carbocycles. The molecule has 0 spiro atoms. The zero-order valence-electron chi connectivity index (χ0n) is 11.8. The van der Waals surface area contributed by atoms with Crippen molar-refractivity contribution in [2.45, 2.75) is 39.2 Å². The molecule has 0 aliphatic heterocycles. The standard InChI is InChI=1S/C18H22O/c1-12-6-5-9-15(12)18(19)17-13(2)10-11-14-7-3-4-8-16(14)17/h3-4,7-8,10-12,15,18-19H,5-6,9H2,1-2H3. The molecule has 19 heavy (non-hydrogen) atoms. The number of hydrogen-bond acceptors (Lipinski definition) is 1. The largest absolute Gasteiger partial charge is 0.388 e. The van der Waals surface area contributed by atoms with Crippen LogP contribution in [0.15, 0.2) is 36.4 Å². The molecule has 0 amide bonds. The van der Waals surface area contributed by atoms with Crippen LogP contribution in [0.2, 0.25) is 0 Å². The Bertz CT molecular complexity index is 587. The Morgan fingerprint density at radius 1 is 1.11 bits per heavy atom. The molecule has 2 aromatic rings. The molecule has 1 fully saturated rings. The van der Waals surface area contributed by atoms with Gasteiger partial charge in [-0.1, -0.05) is 56.2 Å². The fourth-order valence-corrected chi connectivity index (χ4v) is 3.65. The summed E-state index contributed by atoms with van der Waals surface area (Å²) in [6, 6.07) is 12.7. The van der Waals surface area contributed by atoms with Gasteiger partial charge in [-0.25, -0.2) is 0 Å². The SMILES string of the molecule is Cc1ccc2ccccc2c1C(O)C1CCCC1C. The van der Waals surface area contributed by atoms with Gasteiger partial charge < -0.3 is 5.11 Å². The van der Waals surface area contributed by atoms with Crippen LogP contribution >= 0.6 is 0 Å². The van der Waals surface area contributed by atoms with Crippen LogP contribution in [0.25, 0.3) is 10.8 Å². The van der Waals surface area contributed by atoms with Crippen LogP contribution in [0.1, 0.15) is 43.4 Å². The summed E-state index contributed by atoms with van der Waals surface area (Å²) in [4.78, 5) is 0. The first-order valence-electron chi connectivity index (χ1n) is 7.35. The minimum atomic E-state index is -0.316. The first-order valence-corrected chi connectivity index (χ1v) is 7.35. The molecule has 1 nitrogen and oxygen atoms in total. The van der Waals surface area contributed by atoms with Crippen molar-refractivity contribution in [3.63, 3.8) is 0 Å². The molecule has 3 atom stereocenters. The predicted octanol–water partition coefficient (Wildman–Crippen LogP) is 4.62. The van der Waals surface area contributed by atoms with Gasteiger partial charge in [0.05, 0.1) is 6.10 Å². The second-order valence-electron chi connectivity index (χ2n) is 6.03. The minimum absolute atomic E-state index is 0.316. The molecule has 1 aliphatic rings. The highest BCUT2D eigenvalue weighted by molar-refractivity contribution is 5.87. The van der Waals surface area contributed by atoms with Crippen LogP contribution in [0.4, 0.5) is 0 Å². The van der Waals surface area contributed by atoms with Crippen molar-refractivity contribution in [3.05, 3.63) is 47.5 Å². The van der Waals surface area contributed by atoms with Crippen molar-refractivity contribution in [2.75, 3.05) is 0 Å². The van der Waals surface area contributed by atoms with Gasteiger partial charge in [-0.05, 0) is 47.1 Å². The molecular weight excluding hydrogens is 232 g/mol. The summed E-state index contributed by atoms with van der Waals surface area (Å²) < 4.78 is 0. The fraction of sp³-hybridized carbons (Fsp3) is 0.444. The Balaban J connectivity index is 2.10. The number of rotatable bonds is 2. The van der Waals surface area contributed by atoms with Gasteiger partial charge in [-0.3, -0.25) is 0 Å². The molecule has 1 heteroatoms. The van der Waals surface area contributed by atoms with Crippen molar-refractivity contribution >= 4 is 10.8 Å². The lowest BCUT2D eigenvalue weighted by Gasteiger charge is -2.25. The Kier molecular flexibility index (Phi) is 3.32. The van der Waals surface area contributed by atoms with Crippen LogP contribution in [-0.4, -0.2) is 5.11 Å². The van der Waals surface area contributed by atoms with Crippen molar-refractivity contribution in [2.24, 2.45) is 11.8 Å². The summed E-state index contributed by atoms with van der Waals surface area (Å²) >= 11 is 0. The quantitative estimate of drug-likeness (QED) is 0.829. The van der Waals surface area contributed by atoms with Gasteiger partial charge in [-0.15, -0.1) is 0 Å². The minimum Gasteiger partial charge on any atom is -0.388 e. The highest BCUT2D eigenvalue weighted by Crippen LogP contribution is 2.42. The molecule has 0 radical (unpaired) electrons. The number of aliphatic hydroxyl groups excluding tert-OH is 1. The van der Waals surface area contributed by atoms with E-state index in [4.69, 9.17) is 0 Å². The lowest BCUT2D eigenvalue weighted by molar-refractivity contribution is 0.0908. The van der Waals surface area contributed by atoms with Gasteiger partial charge in [0, 0.05) is 0 Å². The van der Waals surface area contributed by atoms with Gasteiger partial charge in [0.1, 0.15) is 0 Å². The van der Waals surface area contributed by atoms with E-state index < -0.39 is 0 Å². The predicted molar refractivity (Wildman–Crippen MR) is 80.1 cm³/mol. The van der Waals surface area contributed by atoms with Crippen LogP contribution in [0.5, 0.6) is 0 Å². The first-order chi connectivity index (χ1) is 9.18. The Morgan fingerprint density at radius 3 is 2.63 bits per heavy atom. The number of aliphatic hydroxyl groups is 1. The van der Waals surface area contributed by atoms with Crippen LogP contribution in [0.3, 0.4) is 0 Å². The highest BCUT2D eigenvalue weighted by atomic mass is 16.3. The lowest BCUT2D eigenvalue weighted by atomic mass is 9.84. The Labute approximate surface area is 115 Å². The second-order valence-corrected chi connectivity index (χ2v) is 6.03. The fourth-order valence-electron chi connectivity index (χ4n) is 3.65. The van der Waals surface area contributed by atoms with Crippen LogP contribution in [0, 0.1) is 18.8 Å². The molecule has 100 valence electrons. The molecular formula is C18H22O. The van der Waals surface area contributed by atoms with E-state index in [2.05, 4.69) is 50.2 Å². The first kappa shape index (κ1) is 12.7. The number of benzene rings is 2. The molecule has 1 saturated carbocycles. The second kappa shape index (κ2) is 4.97. The van der Waals surface area contributed by atoms with Crippen LogP contribution < -0.4 is 0 Å². The molecule has 0 aromatic heterocycles. The van der Waals surface area contributed by atoms with E-state index in [1.807, 2.05) is 0 Å². The molecule has 3 rings (SSSR count). The van der Waals surface area contributed by atoms with Gasteiger partial charge in [0.15, 0.2) is 0 Å². The van der Waals surface area contributed by atoms with Crippen LogP contribution in [-0.2, 0) is 0 Å². The van der Waals surface area contributed by atoms with Gasteiger partial charge >= 0.3 is 0 Å². The molecule has 0 saturated heterocycles. The van der Waals surface area contributed by atoms with E-state index in [0.29, 0.717) is 11.8 Å². The number of aryl methyl sites for hydroxylation is 1.